The second-order valence-corrected chi connectivity index (χ2v) is 5.55. The maximum absolute atomic E-state index is 4.53. The molecule has 122 valence electrons. The summed E-state index contributed by atoms with van der Waals surface area (Å²) < 4.78 is 0. The van der Waals surface area contributed by atoms with E-state index in [-0.39, 0.29) is 0 Å². The second kappa shape index (κ2) is 6.12. The molecular formula is C18H15N7. The van der Waals surface area contributed by atoms with Gasteiger partial charge in [0.2, 0.25) is 0 Å². The van der Waals surface area contributed by atoms with Crippen molar-refractivity contribution in [2.45, 2.75) is 6.92 Å². The molecule has 7 nitrogen and oxygen atoms in total. The van der Waals surface area contributed by atoms with Gasteiger partial charge in [-0.05, 0) is 24.6 Å². The van der Waals surface area contributed by atoms with Crippen LogP contribution in [0.2, 0.25) is 0 Å². The first-order valence-corrected chi connectivity index (χ1v) is 7.71. The Kier molecular flexibility index (Phi) is 3.66. The predicted molar refractivity (Wildman–Crippen MR) is 96.4 cm³/mol. The number of pyridine rings is 1. The third-order valence-electron chi connectivity index (χ3n) is 3.87. The van der Waals surface area contributed by atoms with Gasteiger partial charge in [-0.3, -0.25) is 20.1 Å². The minimum absolute atomic E-state index is 0.665. The molecule has 0 aromatic carbocycles. The van der Waals surface area contributed by atoms with Crippen molar-refractivity contribution in [1.82, 2.24) is 35.1 Å². The van der Waals surface area contributed by atoms with Crippen LogP contribution in [0.4, 0.5) is 0 Å². The first-order chi connectivity index (χ1) is 12.2. The van der Waals surface area contributed by atoms with Crippen molar-refractivity contribution in [2.75, 3.05) is 0 Å². The zero-order valence-corrected chi connectivity index (χ0v) is 13.6. The fourth-order valence-electron chi connectivity index (χ4n) is 2.48. The number of nitrogens with one attached hydrogen (secondary N) is 2. The van der Waals surface area contributed by atoms with Crippen LogP contribution < -0.4 is 10.6 Å². The SMILES string of the molecule is C=c1c(-c2nc3ccncc3[nH]2)n[nH]/c1=C/C=C(\C)c1cnccn1. The second-order valence-electron chi connectivity index (χ2n) is 5.55. The Balaban J connectivity index is 1.73. The summed E-state index contributed by atoms with van der Waals surface area (Å²) in [4.78, 5) is 20.2. The Morgan fingerprint density at radius 1 is 1.16 bits per heavy atom. The predicted octanol–water partition coefficient (Wildman–Crippen LogP) is 1.43. The van der Waals surface area contributed by atoms with E-state index in [1.165, 1.54) is 0 Å². The zero-order valence-electron chi connectivity index (χ0n) is 13.6. The summed E-state index contributed by atoms with van der Waals surface area (Å²) in [6.45, 7) is 6.10. The fraction of sp³-hybridized carbons (Fsp3) is 0.0556. The molecule has 0 atom stereocenters. The van der Waals surface area contributed by atoms with Crippen LogP contribution in [0.3, 0.4) is 0 Å². The largest absolute Gasteiger partial charge is 0.335 e. The molecule has 0 unspecified atom stereocenters. The number of hydrogen-bond acceptors (Lipinski definition) is 5. The molecule has 0 bridgehead atoms. The number of fused-ring (bicyclic) bond motifs is 1. The molecule has 0 spiro atoms. The van der Waals surface area contributed by atoms with Gasteiger partial charge in [-0.2, -0.15) is 5.10 Å². The van der Waals surface area contributed by atoms with Gasteiger partial charge < -0.3 is 4.98 Å². The van der Waals surface area contributed by atoms with E-state index in [4.69, 9.17) is 0 Å². The molecule has 4 rings (SSSR count). The first-order valence-electron chi connectivity index (χ1n) is 7.71. The Labute approximate surface area is 142 Å². The number of hydrogen-bond donors (Lipinski definition) is 2. The molecular weight excluding hydrogens is 314 g/mol. The van der Waals surface area contributed by atoms with Crippen LogP contribution in [0.5, 0.6) is 0 Å². The highest BCUT2D eigenvalue weighted by Gasteiger charge is 2.09. The highest BCUT2D eigenvalue weighted by Crippen LogP contribution is 2.14. The molecule has 25 heavy (non-hydrogen) atoms. The Morgan fingerprint density at radius 2 is 2.04 bits per heavy atom. The molecule has 0 aliphatic carbocycles. The van der Waals surface area contributed by atoms with E-state index in [0.717, 1.165) is 32.9 Å². The van der Waals surface area contributed by atoms with Crippen LogP contribution in [0.1, 0.15) is 12.6 Å². The topological polar surface area (TPSA) is 96.0 Å². The van der Waals surface area contributed by atoms with Crippen molar-refractivity contribution in [3.63, 3.8) is 0 Å². The van der Waals surface area contributed by atoms with Gasteiger partial charge in [0.05, 0.1) is 34.5 Å². The molecule has 0 amide bonds. The molecule has 4 aromatic rings. The molecule has 4 aromatic heterocycles. The Morgan fingerprint density at radius 3 is 2.84 bits per heavy atom. The molecule has 0 saturated heterocycles. The molecule has 7 heteroatoms. The minimum Gasteiger partial charge on any atom is -0.335 e. The molecule has 0 saturated carbocycles. The molecule has 0 radical (unpaired) electrons. The third-order valence-corrected chi connectivity index (χ3v) is 3.87. The van der Waals surface area contributed by atoms with Crippen molar-refractivity contribution in [3.05, 3.63) is 59.4 Å². The maximum Gasteiger partial charge on any atom is 0.159 e. The standard InChI is InChI=1S/C18H15N7/c1-11(15-9-20-7-8-21-15)3-4-13-12(2)17(25-24-13)18-22-14-5-6-19-10-16(14)23-18/h3-10,24H,2H2,1H3,(H,22,23)/b11-3+,13-4+. The number of H-pyrrole nitrogens is 2. The number of aromatic nitrogens is 7. The van der Waals surface area contributed by atoms with Gasteiger partial charge in [0.15, 0.2) is 5.82 Å². The van der Waals surface area contributed by atoms with Crippen LogP contribution in [-0.2, 0) is 0 Å². The lowest BCUT2D eigenvalue weighted by molar-refractivity contribution is 1.06. The van der Waals surface area contributed by atoms with Gasteiger partial charge in [0, 0.05) is 23.8 Å². The lowest BCUT2D eigenvalue weighted by atomic mass is 10.2. The normalized spacial score (nSPS) is 12.8. The van der Waals surface area contributed by atoms with E-state index in [2.05, 4.69) is 41.7 Å². The summed E-state index contributed by atoms with van der Waals surface area (Å²) in [6.07, 6.45) is 12.4. The summed E-state index contributed by atoms with van der Waals surface area (Å²) in [5.74, 6) is 0.665. The van der Waals surface area contributed by atoms with Crippen molar-refractivity contribution >= 4 is 29.3 Å². The van der Waals surface area contributed by atoms with Crippen LogP contribution >= 0.6 is 0 Å². The van der Waals surface area contributed by atoms with Gasteiger partial charge in [-0.15, -0.1) is 0 Å². The number of aromatic amines is 2. The minimum atomic E-state index is 0.665. The van der Waals surface area contributed by atoms with E-state index in [1.54, 1.807) is 31.0 Å². The Bertz CT molecular complexity index is 1140. The Hall–Kier alpha value is -3.61. The summed E-state index contributed by atoms with van der Waals surface area (Å²) in [7, 11) is 0. The molecule has 0 aliphatic heterocycles. The first kappa shape index (κ1) is 14.9. The smallest absolute Gasteiger partial charge is 0.159 e. The van der Waals surface area contributed by atoms with Crippen molar-refractivity contribution in [3.8, 4) is 11.5 Å². The van der Waals surface area contributed by atoms with Crippen LogP contribution in [-0.4, -0.2) is 35.1 Å². The van der Waals surface area contributed by atoms with Crippen molar-refractivity contribution in [1.29, 1.82) is 0 Å². The number of allylic oxidation sites excluding steroid dienone is 2. The van der Waals surface area contributed by atoms with E-state index in [0.29, 0.717) is 11.5 Å². The van der Waals surface area contributed by atoms with E-state index < -0.39 is 0 Å². The summed E-state index contributed by atoms with van der Waals surface area (Å²) >= 11 is 0. The number of nitrogens with zero attached hydrogens (tertiary/aromatic N) is 5. The lowest BCUT2D eigenvalue weighted by Crippen LogP contribution is -2.21. The van der Waals surface area contributed by atoms with Crippen LogP contribution in [0.15, 0.2) is 43.1 Å². The summed E-state index contributed by atoms with van der Waals surface area (Å²) in [5, 5.41) is 8.93. The van der Waals surface area contributed by atoms with E-state index in [9.17, 15) is 0 Å². The van der Waals surface area contributed by atoms with Gasteiger partial charge in [0.1, 0.15) is 5.69 Å². The molecule has 0 aliphatic rings. The lowest BCUT2D eigenvalue weighted by Gasteiger charge is -1.96. The van der Waals surface area contributed by atoms with Crippen LogP contribution in [0.25, 0.3) is 40.8 Å². The molecule has 4 heterocycles. The number of rotatable bonds is 3. The summed E-state index contributed by atoms with van der Waals surface area (Å²) in [6, 6.07) is 1.85. The van der Waals surface area contributed by atoms with E-state index in [1.807, 2.05) is 25.1 Å². The molecule has 0 fully saturated rings. The average Bonchev–Trinajstić information content (AvgIpc) is 3.23. The molecule has 2 N–H and O–H groups in total. The maximum atomic E-state index is 4.53. The highest BCUT2D eigenvalue weighted by atomic mass is 15.1. The summed E-state index contributed by atoms with van der Waals surface area (Å²) in [5.41, 5.74) is 4.22. The average molecular weight is 329 g/mol. The number of imidazole rings is 1. The van der Waals surface area contributed by atoms with Gasteiger partial charge >= 0.3 is 0 Å². The van der Waals surface area contributed by atoms with Gasteiger partial charge in [-0.25, -0.2) is 4.98 Å². The fourth-order valence-corrected chi connectivity index (χ4v) is 2.48. The quantitative estimate of drug-likeness (QED) is 0.593. The van der Waals surface area contributed by atoms with Crippen molar-refractivity contribution in [2.24, 2.45) is 0 Å². The highest BCUT2D eigenvalue weighted by molar-refractivity contribution is 5.77. The van der Waals surface area contributed by atoms with Gasteiger partial charge in [0.25, 0.3) is 0 Å². The third kappa shape index (κ3) is 2.83. The van der Waals surface area contributed by atoms with Gasteiger partial charge in [-0.1, -0.05) is 12.7 Å². The van der Waals surface area contributed by atoms with Crippen molar-refractivity contribution < 1.29 is 0 Å². The monoisotopic (exact) mass is 329 g/mol. The van der Waals surface area contributed by atoms with E-state index >= 15 is 0 Å². The zero-order chi connectivity index (χ0) is 17.2. The van der Waals surface area contributed by atoms with Crippen LogP contribution in [0, 0.1) is 0 Å².